The van der Waals surface area contributed by atoms with Gasteiger partial charge in [0.2, 0.25) is 0 Å². The second kappa shape index (κ2) is 6.19. The maximum absolute atomic E-state index is 3.69. The standard InChI is InChI=1S/C20H21Br/c1-3-4-7-15-8-5-6-9-17(15)20-13-16(21)12-19-14(2)10-11-18(19)20/h5-6,8-10,12-13H,3-4,7,11H2,1-2H3. The lowest BCUT2D eigenvalue weighted by molar-refractivity contribution is 0.796. The lowest BCUT2D eigenvalue weighted by Crippen LogP contribution is -1.95. The molecule has 2 aromatic rings. The van der Waals surface area contributed by atoms with Crippen molar-refractivity contribution in [3.63, 3.8) is 0 Å². The summed E-state index contributed by atoms with van der Waals surface area (Å²) in [5.41, 5.74) is 8.58. The monoisotopic (exact) mass is 340 g/mol. The Labute approximate surface area is 136 Å². The third-order valence-electron chi connectivity index (χ3n) is 4.36. The maximum atomic E-state index is 3.69. The first kappa shape index (κ1) is 14.6. The summed E-state index contributed by atoms with van der Waals surface area (Å²) in [7, 11) is 0. The van der Waals surface area contributed by atoms with Crippen molar-refractivity contribution in [1.29, 1.82) is 0 Å². The highest BCUT2D eigenvalue weighted by Gasteiger charge is 2.18. The van der Waals surface area contributed by atoms with Gasteiger partial charge in [-0.25, -0.2) is 0 Å². The topological polar surface area (TPSA) is 0 Å². The van der Waals surface area contributed by atoms with Crippen molar-refractivity contribution in [1.82, 2.24) is 0 Å². The molecule has 3 rings (SSSR count). The van der Waals surface area contributed by atoms with Gasteiger partial charge in [-0.05, 0) is 71.7 Å². The molecule has 0 fully saturated rings. The SMILES string of the molecule is CCCCc1ccccc1-c1cc(Br)cc2c1CC=C2C. The Morgan fingerprint density at radius 3 is 2.62 bits per heavy atom. The van der Waals surface area contributed by atoms with Gasteiger partial charge >= 0.3 is 0 Å². The van der Waals surface area contributed by atoms with E-state index in [-0.39, 0.29) is 0 Å². The summed E-state index contributed by atoms with van der Waals surface area (Å²) < 4.78 is 1.18. The first-order valence-electron chi connectivity index (χ1n) is 7.78. The minimum atomic E-state index is 1.06. The Balaban J connectivity index is 2.12. The van der Waals surface area contributed by atoms with Gasteiger partial charge in [0.15, 0.2) is 0 Å². The van der Waals surface area contributed by atoms with Crippen LogP contribution < -0.4 is 0 Å². The van der Waals surface area contributed by atoms with Crippen molar-refractivity contribution in [2.45, 2.75) is 39.5 Å². The van der Waals surface area contributed by atoms with Crippen LogP contribution in [0, 0.1) is 0 Å². The van der Waals surface area contributed by atoms with Crippen LogP contribution in [-0.2, 0) is 12.8 Å². The normalized spacial score (nSPS) is 13.2. The number of allylic oxidation sites excluding steroid dienone is 2. The molecule has 0 bridgehead atoms. The second-order valence-electron chi connectivity index (χ2n) is 5.83. The quantitative estimate of drug-likeness (QED) is 0.602. The van der Waals surface area contributed by atoms with Crippen molar-refractivity contribution in [3.8, 4) is 11.1 Å². The summed E-state index contributed by atoms with van der Waals surface area (Å²) in [6, 6.07) is 13.4. The Hall–Kier alpha value is -1.34. The van der Waals surface area contributed by atoms with Crippen molar-refractivity contribution in [3.05, 3.63) is 63.6 Å². The van der Waals surface area contributed by atoms with Gasteiger partial charge in [0.1, 0.15) is 0 Å². The van der Waals surface area contributed by atoms with Crippen molar-refractivity contribution in [2.75, 3.05) is 0 Å². The Morgan fingerprint density at radius 1 is 1.05 bits per heavy atom. The van der Waals surface area contributed by atoms with E-state index in [1.807, 2.05) is 0 Å². The molecule has 0 atom stereocenters. The highest BCUT2D eigenvalue weighted by Crippen LogP contribution is 2.39. The minimum Gasteiger partial charge on any atom is -0.0765 e. The van der Waals surface area contributed by atoms with Crippen molar-refractivity contribution in [2.24, 2.45) is 0 Å². The second-order valence-corrected chi connectivity index (χ2v) is 6.75. The van der Waals surface area contributed by atoms with Crippen molar-refractivity contribution < 1.29 is 0 Å². The lowest BCUT2D eigenvalue weighted by Gasteiger charge is -2.15. The minimum absolute atomic E-state index is 1.06. The van der Waals surface area contributed by atoms with Crippen molar-refractivity contribution >= 4 is 21.5 Å². The summed E-state index contributed by atoms with van der Waals surface area (Å²) in [5, 5.41) is 0. The Morgan fingerprint density at radius 2 is 1.81 bits per heavy atom. The molecule has 1 aliphatic carbocycles. The van der Waals surface area contributed by atoms with E-state index in [2.05, 4.69) is 72.3 Å². The fraction of sp³-hybridized carbons (Fsp3) is 0.300. The number of hydrogen-bond donors (Lipinski definition) is 0. The van der Waals surface area contributed by atoms with Gasteiger partial charge in [-0.15, -0.1) is 0 Å². The number of benzene rings is 2. The van der Waals surface area contributed by atoms with Crippen LogP contribution in [0.2, 0.25) is 0 Å². The molecule has 0 N–H and O–H groups in total. The summed E-state index contributed by atoms with van der Waals surface area (Å²) in [6.45, 7) is 4.47. The Bertz CT molecular complexity index is 695. The molecule has 0 aromatic heterocycles. The number of hydrogen-bond acceptors (Lipinski definition) is 0. The number of unbranched alkanes of at least 4 members (excludes halogenated alkanes) is 1. The molecule has 0 spiro atoms. The lowest BCUT2D eigenvalue weighted by atomic mass is 9.90. The van der Waals surface area contributed by atoms with Crippen LogP contribution >= 0.6 is 15.9 Å². The zero-order chi connectivity index (χ0) is 14.8. The fourth-order valence-corrected chi connectivity index (χ4v) is 3.64. The summed E-state index contributed by atoms with van der Waals surface area (Å²) in [5.74, 6) is 0. The largest absolute Gasteiger partial charge is 0.0765 e. The smallest absolute Gasteiger partial charge is 0.0187 e. The van der Waals surface area contributed by atoms with Gasteiger partial charge in [0, 0.05) is 4.47 Å². The first-order chi connectivity index (χ1) is 10.2. The van der Waals surface area contributed by atoms with E-state index < -0.39 is 0 Å². The van der Waals surface area contributed by atoms with Gasteiger partial charge in [-0.3, -0.25) is 0 Å². The number of fused-ring (bicyclic) bond motifs is 1. The van der Waals surface area contributed by atoms with E-state index in [4.69, 9.17) is 0 Å². The molecule has 0 amide bonds. The molecule has 0 radical (unpaired) electrons. The van der Waals surface area contributed by atoms with Crippen LogP contribution in [0.3, 0.4) is 0 Å². The van der Waals surface area contributed by atoms with Gasteiger partial charge in [-0.2, -0.15) is 0 Å². The van der Waals surface area contributed by atoms with Crippen LogP contribution in [0.1, 0.15) is 43.4 Å². The average Bonchev–Trinajstić information content (AvgIpc) is 2.86. The van der Waals surface area contributed by atoms with Gasteiger partial charge in [0.25, 0.3) is 0 Å². The van der Waals surface area contributed by atoms with Gasteiger partial charge < -0.3 is 0 Å². The predicted octanol–water partition coefficient (Wildman–Crippen LogP) is 6.42. The highest BCUT2D eigenvalue weighted by atomic mass is 79.9. The molecule has 108 valence electrons. The molecule has 1 heteroatoms. The molecular formula is C20H21Br. The van der Waals surface area contributed by atoms with Gasteiger partial charge in [0.05, 0.1) is 0 Å². The maximum Gasteiger partial charge on any atom is 0.0187 e. The first-order valence-corrected chi connectivity index (χ1v) is 8.58. The molecule has 0 heterocycles. The van der Waals surface area contributed by atoms with Crippen LogP contribution in [0.25, 0.3) is 16.7 Å². The van der Waals surface area contributed by atoms with E-state index in [0.717, 1.165) is 6.42 Å². The van der Waals surface area contributed by atoms with Crippen LogP contribution in [-0.4, -0.2) is 0 Å². The number of aryl methyl sites for hydroxylation is 1. The third-order valence-corrected chi connectivity index (χ3v) is 4.82. The molecule has 21 heavy (non-hydrogen) atoms. The summed E-state index contributed by atoms with van der Waals surface area (Å²) in [6.07, 6.45) is 7.07. The fourth-order valence-electron chi connectivity index (χ4n) is 3.18. The van der Waals surface area contributed by atoms with E-state index in [1.54, 1.807) is 0 Å². The molecule has 2 aromatic carbocycles. The average molecular weight is 341 g/mol. The number of halogens is 1. The zero-order valence-electron chi connectivity index (χ0n) is 12.7. The highest BCUT2D eigenvalue weighted by molar-refractivity contribution is 9.10. The van der Waals surface area contributed by atoms with E-state index in [9.17, 15) is 0 Å². The zero-order valence-corrected chi connectivity index (χ0v) is 14.3. The Kier molecular flexibility index (Phi) is 4.30. The molecule has 0 unspecified atom stereocenters. The third kappa shape index (κ3) is 2.85. The summed E-state index contributed by atoms with van der Waals surface area (Å²) in [4.78, 5) is 0. The molecule has 1 aliphatic rings. The van der Waals surface area contributed by atoms with Crippen LogP contribution in [0.4, 0.5) is 0 Å². The van der Waals surface area contributed by atoms with E-state index in [0.29, 0.717) is 0 Å². The molecule has 0 saturated heterocycles. The molecule has 0 aliphatic heterocycles. The molecule has 0 saturated carbocycles. The van der Waals surface area contributed by atoms with E-state index >= 15 is 0 Å². The molecule has 0 nitrogen and oxygen atoms in total. The van der Waals surface area contributed by atoms with Crippen LogP contribution in [0.15, 0.2) is 46.9 Å². The molecular weight excluding hydrogens is 320 g/mol. The van der Waals surface area contributed by atoms with Gasteiger partial charge in [-0.1, -0.05) is 59.6 Å². The number of rotatable bonds is 4. The predicted molar refractivity (Wildman–Crippen MR) is 95.5 cm³/mol. The van der Waals surface area contributed by atoms with E-state index in [1.165, 1.54) is 57.1 Å². The van der Waals surface area contributed by atoms with Crippen LogP contribution in [0.5, 0.6) is 0 Å². The summed E-state index contributed by atoms with van der Waals surface area (Å²) >= 11 is 3.69.